The largest absolute Gasteiger partial charge is 0.534 e. The van der Waals surface area contributed by atoms with Crippen LogP contribution in [0.1, 0.15) is 58.1 Å². The van der Waals surface area contributed by atoms with Gasteiger partial charge in [-0.3, -0.25) is 0 Å². The summed E-state index contributed by atoms with van der Waals surface area (Å²) in [5.74, 6) is 1.32. The molecule has 7 nitrogen and oxygen atoms in total. The van der Waals surface area contributed by atoms with Gasteiger partial charge in [-0.15, -0.1) is 6.58 Å². The van der Waals surface area contributed by atoms with Crippen molar-refractivity contribution < 1.29 is 32.9 Å². The second-order valence-corrected chi connectivity index (χ2v) is 26.5. The van der Waals surface area contributed by atoms with Gasteiger partial charge in [0.05, 0.1) is 31.5 Å². The number of benzene rings is 4. The molecular weight excluding hydrogens is 769 g/mol. The van der Waals surface area contributed by atoms with Crippen LogP contribution in [0.5, 0.6) is 11.5 Å². The number of rotatable bonds is 20. The molecule has 1 aliphatic rings. The minimum Gasteiger partial charge on any atom is -0.534 e. The molecule has 1 fully saturated rings. The molecule has 3 atom stereocenters. The van der Waals surface area contributed by atoms with E-state index in [-0.39, 0.29) is 24.4 Å². The van der Waals surface area contributed by atoms with Gasteiger partial charge in [0.15, 0.2) is 8.32 Å². The molecule has 59 heavy (non-hydrogen) atoms. The first-order valence-corrected chi connectivity index (χ1v) is 26.1. The van der Waals surface area contributed by atoms with Crippen molar-refractivity contribution in [1.29, 1.82) is 0 Å². The Hall–Kier alpha value is -4.07. The molecule has 0 heterocycles. The van der Waals surface area contributed by atoms with Crippen LogP contribution < -0.4 is 19.5 Å². The highest BCUT2D eigenvalue weighted by molar-refractivity contribution is 7.00. The Balaban J connectivity index is 1.63. The maximum Gasteiger partial charge on any atom is 0.319 e. The van der Waals surface area contributed by atoms with Crippen LogP contribution in [0.2, 0.25) is 24.7 Å². The van der Waals surface area contributed by atoms with Gasteiger partial charge in [0.2, 0.25) is 0 Å². The predicted octanol–water partition coefficient (Wildman–Crippen LogP) is 10.1. The standard InChI is InChI=1S/C50H66O7Si2/c1-38(2)33-50(57-58(8,9)10)34-42(31-47(51)39(50)3)43(36-54-37-53-29-28-52-7)30-41-26-27-44(32-48(41)55-35-40-20-14-11-15-21-40)56-59(49(4,5)6,45-22-16-12-17-23-45)46-24-18-13-19-25-46/h11-27,30,32,42,47,51H,1,3,28-29,31,33-37H2,2,4-10H3/b43-30+/t42-,47-,50?/m1/s1. The third-order valence-electron chi connectivity index (χ3n) is 10.8. The van der Waals surface area contributed by atoms with E-state index in [0.29, 0.717) is 44.8 Å². The summed E-state index contributed by atoms with van der Waals surface area (Å²) in [5, 5.41) is 13.9. The summed E-state index contributed by atoms with van der Waals surface area (Å²) in [6.45, 7) is 25.8. The summed E-state index contributed by atoms with van der Waals surface area (Å²) in [5.41, 5.74) is 3.89. The molecule has 5 rings (SSSR count). The van der Waals surface area contributed by atoms with Crippen molar-refractivity contribution in [1.82, 2.24) is 0 Å². The van der Waals surface area contributed by atoms with Gasteiger partial charge in [-0.25, -0.2) is 0 Å². The van der Waals surface area contributed by atoms with E-state index in [1.54, 1.807) is 7.11 Å². The molecule has 4 aromatic rings. The van der Waals surface area contributed by atoms with Crippen LogP contribution in [-0.2, 0) is 25.2 Å². The quantitative estimate of drug-likeness (QED) is 0.0411. The number of hydrogen-bond donors (Lipinski definition) is 1. The van der Waals surface area contributed by atoms with Crippen LogP contribution in [0, 0.1) is 5.92 Å². The van der Waals surface area contributed by atoms with Gasteiger partial charge in [-0.05, 0) is 102 Å². The van der Waals surface area contributed by atoms with Gasteiger partial charge >= 0.3 is 8.32 Å². The fourth-order valence-electron chi connectivity index (χ4n) is 8.29. The van der Waals surface area contributed by atoms with E-state index in [0.717, 1.165) is 33.6 Å². The highest BCUT2D eigenvalue weighted by atomic mass is 28.4. The normalized spacial score (nSPS) is 19.1. The summed E-state index contributed by atoms with van der Waals surface area (Å²) >= 11 is 0. The highest BCUT2D eigenvalue weighted by Crippen LogP contribution is 2.47. The third-order valence-corrected chi connectivity index (χ3v) is 16.8. The molecule has 1 unspecified atom stereocenters. The van der Waals surface area contributed by atoms with Crippen molar-refractivity contribution in [3.05, 3.63) is 150 Å². The first kappa shape index (κ1) is 46.0. The topological polar surface area (TPSA) is 75.6 Å². The molecule has 4 aromatic carbocycles. The molecule has 0 bridgehead atoms. The molecule has 0 radical (unpaired) electrons. The number of aliphatic hydroxyl groups is 1. The molecule has 9 heteroatoms. The van der Waals surface area contributed by atoms with E-state index in [9.17, 15) is 5.11 Å². The average molecular weight is 835 g/mol. The Bertz CT molecular complexity index is 1950. The third kappa shape index (κ3) is 12.0. The number of aliphatic hydroxyl groups excluding tert-OH is 1. The molecule has 316 valence electrons. The lowest BCUT2D eigenvalue weighted by Crippen LogP contribution is -2.68. The van der Waals surface area contributed by atoms with Crippen LogP contribution in [0.15, 0.2) is 139 Å². The fourth-order valence-corrected chi connectivity index (χ4v) is 14.2. The summed E-state index contributed by atoms with van der Waals surface area (Å²) in [7, 11) is -3.40. The first-order valence-electron chi connectivity index (χ1n) is 20.7. The Kier molecular flexibility index (Phi) is 16.0. The highest BCUT2D eigenvalue weighted by Gasteiger charge is 2.52. The van der Waals surface area contributed by atoms with Crippen LogP contribution in [0.25, 0.3) is 6.08 Å². The SMILES string of the molecule is C=C(C)CC1(O[Si](C)(C)C)C[C@H](/C(=C/c2ccc(O[Si](c3ccccc3)(c3ccccc3)C(C)(C)C)cc2OCc2ccccc2)COCOCCOC)C[C@@H](O)C1=C. The maximum absolute atomic E-state index is 11.7. The Morgan fingerprint density at radius 2 is 1.47 bits per heavy atom. The minimum absolute atomic E-state index is 0.0971. The molecule has 1 aliphatic carbocycles. The second kappa shape index (κ2) is 20.5. The van der Waals surface area contributed by atoms with E-state index in [2.05, 4.69) is 145 Å². The van der Waals surface area contributed by atoms with Crippen molar-refractivity contribution in [2.45, 2.75) is 89.9 Å². The minimum atomic E-state index is -2.94. The molecule has 1 N–H and O–H groups in total. The summed E-state index contributed by atoms with van der Waals surface area (Å²) in [6, 6.07) is 37.7. The summed E-state index contributed by atoms with van der Waals surface area (Å²) < 4.78 is 38.3. The second-order valence-electron chi connectivity index (χ2n) is 17.8. The smallest absolute Gasteiger partial charge is 0.319 e. The zero-order valence-electron chi connectivity index (χ0n) is 36.6. The van der Waals surface area contributed by atoms with Crippen molar-refractivity contribution in [3.8, 4) is 11.5 Å². The lowest BCUT2D eigenvalue weighted by atomic mass is 9.69. The molecule has 0 aromatic heterocycles. The summed E-state index contributed by atoms with van der Waals surface area (Å²) in [4.78, 5) is 0. The number of hydrogen-bond acceptors (Lipinski definition) is 7. The lowest BCUT2D eigenvalue weighted by Gasteiger charge is -2.48. The van der Waals surface area contributed by atoms with Gasteiger partial charge in [0.1, 0.15) is 24.9 Å². The summed E-state index contributed by atoms with van der Waals surface area (Å²) in [6.07, 6.45) is 3.10. The predicted molar refractivity (Wildman–Crippen MR) is 247 cm³/mol. The van der Waals surface area contributed by atoms with Gasteiger partial charge < -0.3 is 32.9 Å². The Morgan fingerprint density at radius 1 is 0.864 bits per heavy atom. The van der Waals surface area contributed by atoms with Crippen molar-refractivity contribution >= 4 is 33.1 Å². The average Bonchev–Trinajstić information content (AvgIpc) is 3.19. The van der Waals surface area contributed by atoms with Crippen LogP contribution in [-0.4, -0.2) is 67.2 Å². The van der Waals surface area contributed by atoms with Crippen molar-refractivity contribution in [3.63, 3.8) is 0 Å². The first-order chi connectivity index (χ1) is 28.1. The zero-order chi connectivity index (χ0) is 42.7. The number of ether oxygens (including phenoxy) is 4. The van der Waals surface area contributed by atoms with Crippen LogP contribution in [0.4, 0.5) is 0 Å². The Labute approximate surface area is 356 Å². The van der Waals surface area contributed by atoms with Crippen LogP contribution in [0.3, 0.4) is 0 Å². The zero-order valence-corrected chi connectivity index (χ0v) is 38.6. The van der Waals surface area contributed by atoms with Gasteiger partial charge in [0, 0.05) is 18.7 Å². The van der Waals surface area contributed by atoms with Gasteiger partial charge in [-0.1, -0.05) is 124 Å². The van der Waals surface area contributed by atoms with E-state index in [1.165, 1.54) is 10.4 Å². The molecule has 0 saturated heterocycles. The molecular formula is C50H66O7Si2. The fraction of sp³-hybridized carbons (Fsp3) is 0.400. The molecule has 0 aliphatic heterocycles. The van der Waals surface area contributed by atoms with Crippen molar-refractivity contribution in [2.24, 2.45) is 5.92 Å². The van der Waals surface area contributed by atoms with Gasteiger partial charge in [0.25, 0.3) is 0 Å². The monoisotopic (exact) mass is 834 g/mol. The molecule has 0 amide bonds. The van der Waals surface area contributed by atoms with Gasteiger partial charge in [-0.2, -0.15) is 0 Å². The van der Waals surface area contributed by atoms with Crippen molar-refractivity contribution in [2.75, 3.05) is 33.7 Å². The molecule has 0 spiro atoms. The Morgan fingerprint density at radius 3 is 2.03 bits per heavy atom. The lowest BCUT2D eigenvalue weighted by molar-refractivity contribution is -0.0620. The maximum atomic E-state index is 11.7. The number of methoxy groups -OCH3 is 1. The van der Waals surface area contributed by atoms with E-state index in [4.69, 9.17) is 27.8 Å². The van der Waals surface area contributed by atoms with E-state index >= 15 is 0 Å². The van der Waals surface area contributed by atoms with E-state index < -0.39 is 28.3 Å². The molecule has 1 saturated carbocycles. The van der Waals surface area contributed by atoms with Crippen LogP contribution >= 0.6 is 0 Å². The van der Waals surface area contributed by atoms with E-state index in [1.807, 2.05) is 31.2 Å².